The second-order valence-electron chi connectivity index (χ2n) is 5.02. The maximum atomic E-state index is 14.0. The zero-order chi connectivity index (χ0) is 13.8. The molecular weight excluding hydrogens is 245 g/mol. The molecule has 1 saturated heterocycles. The van der Waals surface area contributed by atoms with E-state index in [0.717, 1.165) is 6.42 Å². The lowest BCUT2D eigenvalue weighted by atomic mass is 9.92. The summed E-state index contributed by atoms with van der Waals surface area (Å²) in [6.07, 6.45) is 1.33. The molecule has 1 aromatic carbocycles. The van der Waals surface area contributed by atoms with Crippen LogP contribution in [0.5, 0.6) is 5.75 Å². The van der Waals surface area contributed by atoms with E-state index in [-0.39, 0.29) is 17.8 Å². The van der Waals surface area contributed by atoms with Crippen LogP contribution in [0.4, 0.5) is 10.1 Å². The average Bonchev–Trinajstić information content (AvgIpc) is 2.42. The zero-order valence-electron chi connectivity index (χ0n) is 11.6. The number of anilines is 1. The van der Waals surface area contributed by atoms with Crippen molar-refractivity contribution in [2.24, 2.45) is 5.92 Å². The zero-order valence-corrected chi connectivity index (χ0v) is 11.6. The van der Waals surface area contributed by atoms with Crippen molar-refractivity contribution in [1.29, 1.82) is 0 Å². The molecule has 106 valence electrons. The molecule has 0 saturated carbocycles. The summed E-state index contributed by atoms with van der Waals surface area (Å²) in [5.74, 6) is 0.677. The molecule has 1 aliphatic rings. The fraction of sp³-hybridized carbons (Fsp3) is 0.600. The van der Waals surface area contributed by atoms with Crippen LogP contribution >= 0.6 is 0 Å². The third-order valence-electron chi connectivity index (χ3n) is 3.79. The number of halogens is 1. The summed E-state index contributed by atoms with van der Waals surface area (Å²) in [6, 6.07) is 4.86. The Balaban J connectivity index is 2.18. The summed E-state index contributed by atoms with van der Waals surface area (Å²) in [5.41, 5.74) is 0.580. The molecule has 3 nitrogen and oxygen atoms in total. The molecule has 19 heavy (non-hydrogen) atoms. The van der Waals surface area contributed by atoms with Crippen molar-refractivity contribution in [3.05, 3.63) is 24.0 Å². The van der Waals surface area contributed by atoms with Crippen molar-refractivity contribution in [3.63, 3.8) is 0 Å². The predicted molar refractivity (Wildman–Crippen MR) is 74.2 cm³/mol. The van der Waals surface area contributed by atoms with Crippen molar-refractivity contribution in [2.45, 2.75) is 32.8 Å². The Morgan fingerprint density at radius 2 is 2.21 bits per heavy atom. The molecule has 4 heteroatoms. The van der Waals surface area contributed by atoms with Gasteiger partial charge in [-0.2, -0.15) is 0 Å². The molecule has 2 rings (SSSR count). The van der Waals surface area contributed by atoms with Crippen LogP contribution in [0.1, 0.15) is 26.7 Å². The predicted octanol–water partition coefficient (Wildman–Crippen LogP) is 2.82. The van der Waals surface area contributed by atoms with Crippen LogP contribution < -0.4 is 9.64 Å². The first-order valence-corrected chi connectivity index (χ1v) is 7.01. The van der Waals surface area contributed by atoms with E-state index >= 15 is 0 Å². The van der Waals surface area contributed by atoms with Gasteiger partial charge < -0.3 is 14.7 Å². The molecule has 1 N–H and O–H groups in total. The maximum Gasteiger partial charge on any atom is 0.146 e. The van der Waals surface area contributed by atoms with Crippen LogP contribution in [0, 0.1) is 11.7 Å². The summed E-state index contributed by atoms with van der Waals surface area (Å²) in [6.45, 7) is 5.92. The Morgan fingerprint density at radius 3 is 2.89 bits per heavy atom. The molecule has 0 aliphatic carbocycles. The highest BCUT2D eigenvalue weighted by Crippen LogP contribution is 2.30. The number of ether oxygens (including phenoxy) is 1. The quantitative estimate of drug-likeness (QED) is 0.910. The fourth-order valence-electron chi connectivity index (χ4n) is 2.63. The van der Waals surface area contributed by atoms with Crippen LogP contribution in [-0.4, -0.2) is 30.9 Å². The highest BCUT2D eigenvalue weighted by Gasteiger charge is 2.27. The first kappa shape index (κ1) is 14.1. The lowest BCUT2D eigenvalue weighted by Crippen LogP contribution is -2.43. The van der Waals surface area contributed by atoms with E-state index in [1.807, 2.05) is 11.8 Å². The summed E-state index contributed by atoms with van der Waals surface area (Å²) in [4.78, 5) is 2.01. The van der Waals surface area contributed by atoms with Crippen molar-refractivity contribution in [2.75, 3.05) is 24.6 Å². The Labute approximate surface area is 114 Å². The number of aliphatic hydroxyl groups excluding tert-OH is 1. The molecule has 0 aromatic heterocycles. The van der Waals surface area contributed by atoms with Gasteiger partial charge in [-0.25, -0.2) is 4.39 Å². The Kier molecular flexibility index (Phi) is 4.64. The smallest absolute Gasteiger partial charge is 0.146 e. The normalized spacial score (nSPS) is 23.5. The second kappa shape index (κ2) is 6.24. The van der Waals surface area contributed by atoms with Crippen molar-refractivity contribution < 1.29 is 14.2 Å². The van der Waals surface area contributed by atoms with Crippen molar-refractivity contribution in [1.82, 2.24) is 0 Å². The third-order valence-corrected chi connectivity index (χ3v) is 3.79. The molecular formula is C15H22FNO2. The SMILES string of the molecule is CCOc1ccc(F)c(N2CCC(O)C(CC)C2)c1. The van der Waals surface area contributed by atoms with Gasteiger partial charge in [-0.15, -0.1) is 0 Å². The summed E-state index contributed by atoms with van der Waals surface area (Å²) < 4.78 is 19.4. The van der Waals surface area contributed by atoms with E-state index in [1.165, 1.54) is 6.07 Å². The molecule has 0 spiro atoms. The van der Waals surface area contributed by atoms with Crippen LogP contribution in [0.15, 0.2) is 18.2 Å². The Bertz CT molecular complexity index is 425. The highest BCUT2D eigenvalue weighted by atomic mass is 19.1. The van der Waals surface area contributed by atoms with Crippen LogP contribution in [0.3, 0.4) is 0 Å². The van der Waals surface area contributed by atoms with Gasteiger partial charge in [-0.05, 0) is 31.9 Å². The van der Waals surface area contributed by atoms with Gasteiger partial charge in [0, 0.05) is 25.1 Å². The molecule has 1 aliphatic heterocycles. The lowest BCUT2D eigenvalue weighted by molar-refractivity contribution is 0.0858. The van der Waals surface area contributed by atoms with Gasteiger partial charge in [0.15, 0.2) is 0 Å². The van der Waals surface area contributed by atoms with Crippen molar-refractivity contribution in [3.8, 4) is 5.75 Å². The fourth-order valence-corrected chi connectivity index (χ4v) is 2.63. The molecule has 1 fully saturated rings. The minimum Gasteiger partial charge on any atom is -0.494 e. The highest BCUT2D eigenvalue weighted by molar-refractivity contribution is 5.52. The van der Waals surface area contributed by atoms with Crippen molar-refractivity contribution >= 4 is 5.69 Å². The number of rotatable bonds is 4. The Morgan fingerprint density at radius 1 is 1.42 bits per heavy atom. The summed E-state index contributed by atoms with van der Waals surface area (Å²) in [7, 11) is 0. The molecule has 0 bridgehead atoms. The van der Waals surface area contributed by atoms with Gasteiger partial charge in [0.2, 0.25) is 0 Å². The number of hydrogen-bond acceptors (Lipinski definition) is 3. The van der Waals surface area contributed by atoms with Gasteiger partial charge in [-0.1, -0.05) is 6.92 Å². The van der Waals surface area contributed by atoms with E-state index in [9.17, 15) is 9.50 Å². The van der Waals surface area contributed by atoms with Gasteiger partial charge in [0.1, 0.15) is 11.6 Å². The number of nitrogens with zero attached hydrogens (tertiary/aromatic N) is 1. The average molecular weight is 267 g/mol. The molecule has 2 unspecified atom stereocenters. The van der Waals surface area contributed by atoms with Gasteiger partial charge in [-0.3, -0.25) is 0 Å². The second-order valence-corrected chi connectivity index (χ2v) is 5.02. The Hall–Kier alpha value is -1.29. The monoisotopic (exact) mass is 267 g/mol. The van der Waals surface area contributed by atoms with E-state index in [4.69, 9.17) is 4.74 Å². The maximum absolute atomic E-state index is 14.0. The summed E-state index contributed by atoms with van der Waals surface area (Å²) >= 11 is 0. The third kappa shape index (κ3) is 3.18. The van der Waals surface area contributed by atoms with E-state index < -0.39 is 0 Å². The largest absolute Gasteiger partial charge is 0.494 e. The first-order valence-electron chi connectivity index (χ1n) is 7.01. The minimum absolute atomic E-state index is 0.212. The first-order chi connectivity index (χ1) is 9.15. The molecule has 1 aromatic rings. The number of benzene rings is 1. The van der Waals surface area contributed by atoms with Crippen LogP contribution in [0.25, 0.3) is 0 Å². The van der Waals surface area contributed by atoms with E-state index in [2.05, 4.69) is 6.92 Å². The minimum atomic E-state index is -0.264. The molecule has 0 amide bonds. The molecule has 0 radical (unpaired) electrons. The standard InChI is InChI=1S/C15H22FNO2/c1-3-11-10-17(8-7-15(11)18)14-9-12(19-4-2)5-6-13(14)16/h5-6,9,11,15,18H,3-4,7-8,10H2,1-2H3. The molecule has 1 heterocycles. The number of piperidine rings is 1. The van der Waals surface area contributed by atoms with E-state index in [0.29, 0.717) is 37.6 Å². The van der Waals surface area contributed by atoms with Gasteiger partial charge in [0.05, 0.1) is 18.4 Å². The van der Waals surface area contributed by atoms with E-state index in [1.54, 1.807) is 12.1 Å². The molecule has 2 atom stereocenters. The van der Waals surface area contributed by atoms with Gasteiger partial charge >= 0.3 is 0 Å². The van der Waals surface area contributed by atoms with Crippen LogP contribution in [0.2, 0.25) is 0 Å². The van der Waals surface area contributed by atoms with Crippen LogP contribution in [-0.2, 0) is 0 Å². The lowest BCUT2D eigenvalue weighted by Gasteiger charge is -2.37. The number of aliphatic hydroxyl groups is 1. The van der Waals surface area contributed by atoms with Gasteiger partial charge in [0.25, 0.3) is 0 Å². The number of hydrogen-bond donors (Lipinski definition) is 1. The summed E-state index contributed by atoms with van der Waals surface area (Å²) in [5, 5.41) is 9.90. The topological polar surface area (TPSA) is 32.7 Å².